The number of hydrogen-bond acceptors (Lipinski definition) is 4. The van der Waals surface area contributed by atoms with Gasteiger partial charge in [-0.25, -0.2) is 5.43 Å². The lowest BCUT2D eigenvalue weighted by Gasteiger charge is -2.43. The van der Waals surface area contributed by atoms with Crippen LogP contribution in [0, 0.1) is 0 Å². The number of nitrogens with one attached hydrogen (secondary N) is 1. The van der Waals surface area contributed by atoms with Crippen LogP contribution in [0.1, 0.15) is 55.6 Å². The van der Waals surface area contributed by atoms with Crippen molar-refractivity contribution in [3.05, 3.63) is 61.0 Å². The molecule has 0 saturated heterocycles. The van der Waals surface area contributed by atoms with Gasteiger partial charge in [-0.15, -0.1) is 0 Å². The zero-order valence-electron chi connectivity index (χ0n) is 17.8. The molecule has 1 heterocycles. The number of rotatable bonds is 5. The summed E-state index contributed by atoms with van der Waals surface area (Å²) >= 11 is 13.0. The van der Waals surface area contributed by atoms with E-state index in [1.54, 1.807) is 6.21 Å². The minimum absolute atomic E-state index is 0.0320. The van der Waals surface area contributed by atoms with E-state index < -0.39 is 5.91 Å². The van der Waals surface area contributed by atoms with Crippen molar-refractivity contribution >= 4 is 66.8 Å². The Balaban J connectivity index is 1.86. The monoisotopic (exact) mass is 567 g/mol. The minimum Gasteiger partial charge on any atom is -0.506 e. The van der Waals surface area contributed by atoms with Gasteiger partial charge in [0.25, 0.3) is 5.91 Å². The van der Waals surface area contributed by atoms with Crippen molar-refractivity contribution in [3.8, 4) is 5.75 Å². The Hall–Kier alpha value is -1.83. The number of allylic oxidation sites excluding steroid dienone is 1. The van der Waals surface area contributed by atoms with Crippen molar-refractivity contribution in [1.82, 2.24) is 5.43 Å². The number of phenols is 1. The molecule has 0 spiro atoms. The van der Waals surface area contributed by atoms with Gasteiger partial charge < -0.3 is 10.0 Å². The second kappa shape index (κ2) is 9.35. The number of anilines is 1. The molecule has 0 bridgehead atoms. The lowest BCUT2D eigenvalue weighted by molar-refractivity contribution is 0.0955. The van der Waals surface area contributed by atoms with E-state index in [0.717, 1.165) is 29.8 Å². The first kappa shape index (κ1) is 23.8. The third-order valence-corrected chi connectivity index (χ3v) is 6.73. The second-order valence-corrected chi connectivity index (χ2v) is 10.1. The summed E-state index contributed by atoms with van der Waals surface area (Å²) in [7, 11) is 0. The van der Waals surface area contributed by atoms with E-state index in [2.05, 4.69) is 81.1 Å². The van der Waals surface area contributed by atoms with Gasteiger partial charge in [-0.2, -0.15) is 5.10 Å². The van der Waals surface area contributed by atoms with Crippen molar-refractivity contribution in [2.24, 2.45) is 5.10 Å². The first-order valence-corrected chi connectivity index (χ1v) is 11.8. The van der Waals surface area contributed by atoms with Crippen molar-refractivity contribution in [3.63, 3.8) is 0 Å². The summed E-state index contributed by atoms with van der Waals surface area (Å²) in [6, 6.07) is 7.02. The number of benzene rings is 2. The highest BCUT2D eigenvalue weighted by molar-refractivity contribution is 9.11. The zero-order chi connectivity index (χ0) is 22.9. The highest BCUT2D eigenvalue weighted by Gasteiger charge is 2.31. The summed E-state index contributed by atoms with van der Waals surface area (Å²) in [6.07, 6.45) is 4.84. The molecule has 164 valence electrons. The van der Waals surface area contributed by atoms with Crippen LogP contribution in [-0.4, -0.2) is 29.3 Å². The maximum absolute atomic E-state index is 12.4. The van der Waals surface area contributed by atoms with E-state index in [1.165, 1.54) is 17.7 Å². The zero-order valence-corrected chi connectivity index (χ0v) is 21.7. The van der Waals surface area contributed by atoms with E-state index in [1.807, 2.05) is 12.1 Å². The molecule has 0 fully saturated rings. The first-order valence-electron chi connectivity index (χ1n) is 9.87. The van der Waals surface area contributed by atoms with Gasteiger partial charge in [-0.05, 0) is 88.9 Å². The summed E-state index contributed by atoms with van der Waals surface area (Å²) in [5.74, 6) is -0.372. The highest BCUT2D eigenvalue weighted by atomic mass is 79.9. The molecule has 1 aliphatic heterocycles. The highest BCUT2D eigenvalue weighted by Crippen LogP contribution is 2.41. The van der Waals surface area contributed by atoms with Crippen molar-refractivity contribution in [1.29, 1.82) is 0 Å². The molecule has 5 nitrogen and oxygen atoms in total. The number of carbonyl (C=O) groups excluding carboxylic acids is 1. The summed E-state index contributed by atoms with van der Waals surface area (Å²) in [5.41, 5.74) is 6.88. The van der Waals surface area contributed by atoms with Crippen LogP contribution in [0.15, 0.2) is 44.4 Å². The van der Waals surface area contributed by atoms with Crippen LogP contribution in [0.4, 0.5) is 5.69 Å². The van der Waals surface area contributed by atoms with Crippen molar-refractivity contribution in [2.75, 3.05) is 11.4 Å². The Morgan fingerprint density at radius 3 is 2.52 bits per heavy atom. The average molecular weight is 570 g/mol. The number of hydrazone groups is 1. The summed E-state index contributed by atoms with van der Waals surface area (Å²) in [6.45, 7) is 9.60. The van der Waals surface area contributed by atoms with Crippen LogP contribution in [0.2, 0.25) is 5.02 Å². The molecule has 0 aromatic heterocycles. The smallest absolute Gasteiger partial charge is 0.271 e. The third kappa shape index (κ3) is 4.99. The molecule has 0 radical (unpaired) electrons. The molecule has 3 rings (SSSR count). The van der Waals surface area contributed by atoms with E-state index in [-0.39, 0.29) is 11.3 Å². The van der Waals surface area contributed by atoms with Crippen LogP contribution < -0.4 is 10.3 Å². The fraction of sp³-hybridized carbons (Fsp3) is 0.304. The number of fused-ring (bicyclic) bond motifs is 1. The van der Waals surface area contributed by atoms with E-state index >= 15 is 0 Å². The molecular formula is C23H24Br2ClN3O2. The number of aromatic hydroxyl groups is 1. The molecule has 1 amide bonds. The number of halogens is 3. The maximum atomic E-state index is 12.4. The van der Waals surface area contributed by atoms with Crippen LogP contribution >= 0.6 is 43.5 Å². The van der Waals surface area contributed by atoms with Gasteiger partial charge in [0, 0.05) is 28.9 Å². The largest absolute Gasteiger partial charge is 0.506 e. The Morgan fingerprint density at radius 1 is 1.26 bits per heavy atom. The third-order valence-electron chi connectivity index (χ3n) is 5.19. The predicted octanol–water partition coefficient (Wildman–Crippen LogP) is 6.75. The molecule has 2 N–H and O–H groups in total. The SMILES string of the molecule is CCCN1c2cc(Cl)c(/C=N\NC(=O)c3cc(Br)c(O)c(Br)c3)cc2C(C)=CC1(C)C. The standard InChI is InChI=1S/C23H24Br2ClN3O2/c1-5-6-29-20-10-19(26)15(7-16(20)13(2)11-23(29,3)4)12-27-28-22(31)14-8-17(24)21(30)18(25)9-14/h7-12,30H,5-6H2,1-4H3,(H,28,31)/b27-12-. The molecule has 8 heteroatoms. The minimum atomic E-state index is -0.404. The molecule has 1 aliphatic rings. The Kier molecular flexibility index (Phi) is 7.18. The summed E-state index contributed by atoms with van der Waals surface area (Å²) in [5, 5.41) is 14.4. The van der Waals surface area contributed by atoms with Crippen LogP contribution in [0.3, 0.4) is 0 Å². The molecule has 0 saturated carbocycles. The normalized spacial score (nSPS) is 15.1. The van der Waals surface area contributed by atoms with Crippen LogP contribution in [0.25, 0.3) is 5.57 Å². The Morgan fingerprint density at radius 2 is 1.90 bits per heavy atom. The van der Waals surface area contributed by atoms with Gasteiger partial charge in [0.05, 0.1) is 25.7 Å². The predicted molar refractivity (Wildman–Crippen MR) is 135 cm³/mol. The van der Waals surface area contributed by atoms with E-state index in [0.29, 0.717) is 19.5 Å². The maximum Gasteiger partial charge on any atom is 0.271 e. The fourth-order valence-corrected chi connectivity index (χ4v) is 5.16. The van der Waals surface area contributed by atoms with Crippen LogP contribution in [-0.2, 0) is 0 Å². The number of nitrogens with zero attached hydrogens (tertiary/aromatic N) is 2. The molecule has 2 aromatic carbocycles. The van der Waals surface area contributed by atoms with Crippen molar-refractivity contribution in [2.45, 2.75) is 39.7 Å². The average Bonchev–Trinajstić information content (AvgIpc) is 2.69. The number of hydrogen-bond donors (Lipinski definition) is 2. The lowest BCUT2D eigenvalue weighted by Crippen LogP contribution is -2.45. The number of carbonyl (C=O) groups is 1. The summed E-state index contributed by atoms with van der Waals surface area (Å²) < 4.78 is 0.825. The second-order valence-electron chi connectivity index (χ2n) is 8.01. The molecule has 0 atom stereocenters. The Bertz CT molecular complexity index is 1070. The molecule has 31 heavy (non-hydrogen) atoms. The van der Waals surface area contributed by atoms with E-state index in [9.17, 15) is 9.90 Å². The molecule has 0 aliphatic carbocycles. The van der Waals surface area contributed by atoms with E-state index in [4.69, 9.17) is 11.6 Å². The van der Waals surface area contributed by atoms with Crippen molar-refractivity contribution < 1.29 is 9.90 Å². The Labute approximate surface area is 204 Å². The lowest BCUT2D eigenvalue weighted by atomic mass is 9.88. The number of amides is 1. The van der Waals surface area contributed by atoms with Gasteiger partial charge >= 0.3 is 0 Å². The molecule has 0 unspecified atom stereocenters. The first-order chi connectivity index (χ1) is 14.5. The fourth-order valence-electron chi connectivity index (χ4n) is 3.77. The van der Waals surface area contributed by atoms with Gasteiger partial charge in [0.1, 0.15) is 5.75 Å². The van der Waals surface area contributed by atoms with Crippen LogP contribution in [0.5, 0.6) is 5.75 Å². The van der Waals surface area contributed by atoms with Gasteiger partial charge in [0.2, 0.25) is 0 Å². The number of phenolic OH excluding ortho intramolecular Hbond substituents is 1. The topological polar surface area (TPSA) is 64.9 Å². The van der Waals surface area contributed by atoms with Gasteiger partial charge in [0.15, 0.2) is 0 Å². The quantitative estimate of drug-likeness (QED) is 0.309. The van der Waals surface area contributed by atoms with Gasteiger partial charge in [-0.1, -0.05) is 24.6 Å². The van der Waals surface area contributed by atoms with Gasteiger partial charge in [-0.3, -0.25) is 4.79 Å². The molecule has 2 aromatic rings. The summed E-state index contributed by atoms with van der Waals surface area (Å²) in [4.78, 5) is 14.8. The molecular weight excluding hydrogens is 546 g/mol.